The summed E-state index contributed by atoms with van der Waals surface area (Å²) < 4.78 is 0. The van der Waals surface area contributed by atoms with Crippen LogP contribution in [0.4, 0.5) is 10.6 Å². The molecule has 0 saturated carbocycles. The first-order chi connectivity index (χ1) is 11.1. The molecule has 0 fully saturated rings. The first-order valence-electron chi connectivity index (χ1n) is 7.10. The Bertz CT molecular complexity index is 626. The number of aliphatic hydroxyl groups excluding tert-OH is 1. The summed E-state index contributed by atoms with van der Waals surface area (Å²) in [5, 5.41) is 18.8. The molecule has 0 aliphatic heterocycles. The second-order valence-corrected chi connectivity index (χ2v) is 5.16. The molecule has 1 atom stereocenters. The van der Waals surface area contributed by atoms with Gasteiger partial charge in [0.1, 0.15) is 5.82 Å². The quantitative estimate of drug-likeness (QED) is 0.576. The number of amides is 2. The summed E-state index contributed by atoms with van der Waals surface area (Å²) in [6.45, 7) is 1.03. The second kappa shape index (κ2) is 8.92. The number of benzene rings is 1. The van der Waals surface area contributed by atoms with Crippen LogP contribution in [0.1, 0.15) is 11.7 Å². The maximum atomic E-state index is 11.6. The average molecular weight is 336 g/mol. The fraction of sp³-hybridized carbons (Fsp3) is 0.267. The van der Waals surface area contributed by atoms with E-state index in [4.69, 9.17) is 11.6 Å². The van der Waals surface area contributed by atoms with Crippen molar-refractivity contribution in [1.82, 2.24) is 20.6 Å². The Morgan fingerprint density at radius 1 is 1.26 bits per heavy atom. The zero-order valence-corrected chi connectivity index (χ0v) is 13.1. The van der Waals surface area contributed by atoms with Gasteiger partial charge < -0.3 is 21.1 Å². The minimum atomic E-state index is -0.808. The van der Waals surface area contributed by atoms with E-state index in [0.29, 0.717) is 29.5 Å². The lowest BCUT2D eigenvalue weighted by atomic mass is 10.1. The van der Waals surface area contributed by atoms with E-state index >= 15 is 0 Å². The van der Waals surface area contributed by atoms with Gasteiger partial charge in [0, 0.05) is 37.1 Å². The van der Waals surface area contributed by atoms with E-state index in [0.717, 1.165) is 0 Å². The Balaban J connectivity index is 1.63. The van der Waals surface area contributed by atoms with Crippen molar-refractivity contribution in [2.24, 2.45) is 0 Å². The van der Waals surface area contributed by atoms with Gasteiger partial charge in [-0.2, -0.15) is 0 Å². The molecule has 1 aromatic heterocycles. The molecule has 2 amide bonds. The number of aromatic nitrogens is 2. The second-order valence-electron chi connectivity index (χ2n) is 4.73. The summed E-state index contributed by atoms with van der Waals surface area (Å²) >= 11 is 5.86. The van der Waals surface area contributed by atoms with Crippen LogP contribution in [0.5, 0.6) is 0 Å². The van der Waals surface area contributed by atoms with Gasteiger partial charge in [-0.3, -0.25) is 4.98 Å². The van der Waals surface area contributed by atoms with Crippen molar-refractivity contribution in [1.29, 1.82) is 0 Å². The maximum absolute atomic E-state index is 11.6. The lowest BCUT2D eigenvalue weighted by molar-refractivity contribution is 0.173. The number of hydrogen-bond donors (Lipinski definition) is 4. The molecule has 0 saturated heterocycles. The van der Waals surface area contributed by atoms with Crippen LogP contribution >= 0.6 is 11.6 Å². The highest BCUT2D eigenvalue weighted by Crippen LogP contribution is 2.16. The predicted octanol–water partition coefficient (Wildman–Crippen LogP) is 1.57. The molecule has 1 unspecified atom stereocenters. The standard InChI is InChI=1S/C15H18ClN5O2/c16-12-3-1-2-11(8-12)13(22)9-21-15(23)20-7-6-19-14-10-17-4-5-18-14/h1-5,8,10,13,22H,6-7,9H2,(H,18,19)(H2,20,21,23). The first kappa shape index (κ1) is 17.0. The molecule has 4 N–H and O–H groups in total. The molecule has 0 aliphatic rings. The Morgan fingerprint density at radius 3 is 2.87 bits per heavy atom. The SMILES string of the molecule is O=C(NCCNc1cnccn1)NCC(O)c1cccc(Cl)c1. The molecular weight excluding hydrogens is 318 g/mol. The number of rotatable bonds is 7. The van der Waals surface area contributed by atoms with E-state index in [1.165, 1.54) is 0 Å². The summed E-state index contributed by atoms with van der Waals surface area (Å²) in [6.07, 6.45) is 3.96. The molecule has 0 spiro atoms. The predicted molar refractivity (Wildman–Crippen MR) is 88.3 cm³/mol. The first-order valence-corrected chi connectivity index (χ1v) is 7.48. The number of urea groups is 1. The normalized spacial score (nSPS) is 11.6. The van der Waals surface area contributed by atoms with E-state index in [1.807, 2.05) is 0 Å². The Hall–Kier alpha value is -2.38. The number of halogens is 1. The van der Waals surface area contributed by atoms with E-state index in [2.05, 4.69) is 25.9 Å². The van der Waals surface area contributed by atoms with Crippen LogP contribution in [0.2, 0.25) is 5.02 Å². The highest BCUT2D eigenvalue weighted by molar-refractivity contribution is 6.30. The third-order valence-corrected chi connectivity index (χ3v) is 3.20. The van der Waals surface area contributed by atoms with E-state index in [9.17, 15) is 9.90 Å². The van der Waals surface area contributed by atoms with Gasteiger partial charge in [0.15, 0.2) is 0 Å². The smallest absolute Gasteiger partial charge is 0.314 e. The molecule has 122 valence electrons. The zero-order valence-electron chi connectivity index (χ0n) is 12.4. The molecule has 7 nitrogen and oxygen atoms in total. The van der Waals surface area contributed by atoms with E-state index < -0.39 is 6.10 Å². The van der Waals surface area contributed by atoms with Crippen molar-refractivity contribution < 1.29 is 9.90 Å². The van der Waals surface area contributed by atoms with Gasteiger partial charge in [0.05, 0.1) is 12.3 Å². The summed E-state index contributed by atoms with van der Waals surface area (Å²) in [5.74, 6) is 0.645. The highest BCUT2D eigenvalue weighted by Gasteiger charge is 2.09. The van der Waals surface area contributed by atoms with Gasteiger partial charge >= 0.3 is 6.03 Å². The molecule has 1 heterocycles. The number of carbonyl (C=O) groups excluding carboxylic acids is 1. The fourth-order valence-corrected chi connectivity index (χ4v) is 2.04. The van der Waals surface area contributed by atoms with E-state index in [1.54, 1.807) is 42.9 Å². The van der Waals surface area contributed by atoms with Crippen LogP contribution < -0.4 is 16.0 Å². The molecule has 8 heteroatoms. The van der Waals surface area contributed by atoms with Gasteiger partial charge in [-0.15, -0.1) is 0 Å². The number of nitrogens with one attached hydrogen (secondary N) is 3. The average Bonchev–Trinajstić information content (AvgIpc) is 2.57. The largest absolute Gasteiger partial charge is 0.387 e. The van der Waals surface area contributed by atoms with Crippen molar-refractivity contribution in [2.45, 2.75) is 6.10 Å². The van der Waals surface area contributed by atoms with Crippen LogP contribution in [-0.4, -0.2) is 40.7 Å². The summed E-state index contributed by atoms with van der Waals surface area (Å²) in [7, 11) is 0. The van der Waals surface area contributed by atoms with Gasteiger partial charge in [-0.1, -0.05) is 23.7 Å². The van der Waals surface area contributed by atoms with Crippen molar-refractivity contribution in [2.75, 3.05) is 25.0 Å². The van der Waals surface area contributed by atoms with Gasteiger partial charge in [-0.05, 0) is 17.7 Å². The summed E-state index contributed by atoms with van der Waals surface area (Å²) in [6, 6.07) is 6.53. The number of hydrogen-bond acceptors (Lipinski definition) is 5. The maximum Gasteiger partial charge on any atom is 0.314 e. The van der Waals surface area contributed by atoms with Crippen molar-refractivity contribution in [3.8, 4) is 0 Å². The van der Waals surface area contributed by atoms with E-state index in [-0.39, 0.29) is 12.6 Å². The third-order valence-electron chi connectivity index (χ3n) is 2.97. The summed E-state index contributed by atoms with van der Waals surface area (Å²) in [5.41, 5.74) is 0.655. The molecule has 2 aromatic rings. The number of nitrogens with zero attached hydrogens (tertiary/aromatic N) is 2. The number of anilines is 1. The molecule has 0 aliphatic carbocycles. The van der Waals surface area contributed by atoms with Crippen molar-refractivity contribution in [3.05, 3.63) is 53.4 Å². The Kier molecular flexibility index (Phi) is 6.58. The van der Waals surface area contributed by atoms with Gasteiger partial charge in [0.2, 0.25) is 0 Å². The molecule has 2 rings (SSSR count). The van der Waals surface area contributed by atoms with Crippen LogP contribution in [0, 0.1) is 0 Å². The monoisotopic (exact) mass is 335 g/mol. The van der Waals surface area contributed by atoms with Crippen LogP contribution in [0.3, 0.4) is 0 Å². The van der Waals surface area contributed by atoms with Crippen molar-refractivity contribution >= 4 is 23.4 Å². The van der Waals surface area contributed by atoms with Crippen LogP contribution in [0.15, 0.2) is 42.9 Å². The third kappa shape index (κ3) is 6.09. The Morgan fingerprint density at radius 2 is 2.13 bits per heavy atom. The fourth-order valence-electron chi connectivity index (χ4n) is 1.84. The van der Waals surface area contributed by atoms with Crippen LogP contribution in [0.25, 0.3) is 0 Å². The lowest BCUT2D eigenvalue weighted by Crippen LogP contribution is -2.39. The molecule has 0 bridgehead atoms. The van der Waals surface area contributed by atoms with Gasteiger partial charge in [0.25, 0.3) is 0 Å². The van der Waals surface area contributed by atoms with Gasteiger partial charge in [-0.25, -0.2) is 9.78 Å². The minimum Gasteiger partial charge on any atom is -0.387 e. The number of carbonyl (C=O) groups is 1. The Labute approximate surface area is 139 Å². The molecular formula is C15H18ClN5O2. The topological polar surface area (TPSA) is 99.2 Å². The lowest BCUT2D eigenvalue weighted by Gasteiger charge is -2.13. The summed E-state index contributed by atoms with van der Waals surface area (Å²) in [4.78, 5) is 19.6. The molecule has 1 aromatic carbocycles. The van der Waals surface area contributed by atoms with Crippen LogP contribution in [-0.2, 0) is 0 Å². The van der Waals surface area contributed by atoms with Crippen molar-refractivity contribution in [3.63, 3.8) is 0 Å². The highest BCUT2D eigenvalue weighted by atomic mass is 35.5. The molecule has 0 radical (unpaired) electrons. The number of aliphatic hydroxyl groups is 1. The molecule has 23 heavy (non-hydrogen) atoms. The zero-order chi connectivity index (χ0) is 16.5. The minimum absolute atomic E-state index is 0.101.